The zero-order chi connectivity index (χ0) is 19.8. The summed E-state index contributed by atoms with van der Waals surface area (Å²) in [7, 11) is 0. The molecule has 2 aliphatic heterocycles. The molecule has 0 unspecified atom stereocenters. The summed E-state index contributed by atoms with van der Waals surface area (Å²) in [5.74, 6) is 2.17. The molecule has 2 heterocycles. The van der Waals surface area contributed by atoms with Crippen molar-refractivity contribution >= 4 is 35.2 Å². The zero-order valence-electron chi connectivity index (χ0n) is 16.0. The molecule has 7 heteroatoms. The Morgan fingerprint density at radius 2 is 2.11 bits per heavy atom. The fraction of sp³-hybridized carbons (Fsp3) is 0.600. The molecule has 0 bridgehead atoms. The van der Waals surface area contributed by atoms with E-state index in [1.54, 1.807) is 11.8 Å². The number of hydrogen-bond acceptors (Lipinski definition) is 5. The molecule has 1 spiro atoms. The predicted molar refractivity (Wildman–Crippen MR) is 107 cm³/mol. The van der Waals surface area contributed by atoms with Gasteiger partial charge < -0.3 is 9.84 Å². The topological polar surface area (TPSA) is 66.8 Å². The van der Waals surface area contributed by atoms with E-state index < -0.39 is 11.5 Å². The second-order valence-electron chi connectivity index (χ2n) is 7.83. The molecule has 2 amide bonds. The number of thioether (sulfide) groups is 1. The number of likely N-dealkylation sites (tertiary alicyclic amines) is 1. The van der Waals surface area contributed by atoms with Crippen molar-refractivity contribution in [3.8, 4) is 5.75 Å². The Kier molecular flexibility index (Phi) is 6.08. The number of halogens is 1. The van der Waals surface area contributed by atoms with Crippen LogP contribution in [0.15, 0.2) is 12.1 Å². The van der Waals surface area contributed by atoms with Crippen LogP contribution >= 0.6 is 23.4 Å². The maximum Gasteiger partial charge on any atom is 0.236 e. The highest BCUT2D eigenvalue weighted by molar-refractivity contribution is 7.99. The largest absolute Gasteiger partial charge is 0.491 e. The molecule has 2 fully saturated rings. The van der Waals surface area contributed by atoms with E-state index in [0.717, 1.165) is 23.3 Å². The first-order valence-electron chi connectivity index (χ1n) is 9.27. The maximum atomic E-state index is 12.7. The van der Waals surface area contributed by atoms with Crippen molar-refractivity contribution in [3.63, 3.8) is 0 Å². The SMILES string of the molecule is Cc1cc(OC[C@H](O)CN2C(=O)C[C@]3(CCSC3)C2=O)c(C(C)C)cc1Cl. The van der Waals surface area contributed by atoms with E-state index in [2.05, 4.69) is 0 Å². The van der Waals surface area contributed by atoms with Gasteiger partial charge in [0.25, 0.3) is 0 Å². The van der Waals surface area contributed by atoms with Gasteiger partial charge in [-0.05, 0) is 48.3 Å². The van der Waals surface area contributed by atoms with Crippen molar-refractivity contribution in [2.75, 3.05) is 24.7 Å². The summed E-state index contributed by atoms with van der Waals surface area (Å²) in [6.45, 7) is 5.99. The Hall–Kier alpha value is -1.24. The van der Waals surface area contributed by atoms with Gasteiger partial charge in [-0.25, -0.2) is 0 Å². The molecule has 148 valence electrons. The highest BCUT2D eigenvalue weighted by Gasteiger charge is 2.53. The van der Waals surface area contributed by atoms with Gasteiger partial charge >= 0.3 is 0 Å². The summed E-state index contributed by atoms with van der Waals surface area (Å²) < 4.78 is 5.83. The number of aliphatic hydroxyl groups is 1. The van der Waals surface area contributed by atoms with Gasteiger partial charge in [0.2, 0.25) is 11.8 Å². The summed E-state index contributed by atoms with van der Waals surface area (Å²) in [5.41, 5.74) is 1.32. The number of ether oxygens (including phenoxy) is 1. The van der Waals surface area contributed by atoms with E-state index in [-0.39, 0.29) is 37.3 Å². The second kappa shape index (κ2) is 8.02. The van der Waals surface area contributed by atoms with Gasteiger partial charge in [-0.15, -0.1) is 0 Å². The predicted octanol–water partition coefficient (Wildman–Crippen LogP) is 3.39. The average Bonchev–Trinajstić information content (AvgIpc) is 3.16. The molecular formula is C20H26ClNO4S. The van der Waals surface area contributed by atoms with Crippen molar-refractivity contribution in [1.82, 2.24) is 4.90 Å². The highest BCUT2D eigenvalue weighted by Crippen LogP contribution is 2.44. The van der Waals surface area contributed by atoms with Crippen LogP contribution in [-0.2, 0) is 9.59 Å². The number of rotatable bonds is 6. The molecule has 0 aliphatic carbocycles. The molecule has 3 rings (SSSR count). The van der Waals surface area contributed by atoms with Gasteiger partial charge in [-0.1, -0.05) is 25.4 Å². The van der Waals surface area contributed by atoms with Crippen molar-refractivity contribution in [1.29, 1.82) is 0 Å². The van der Waals surface area contributed by atoms with Crippen molar-refractivity contribution < 1.29 is 19.4 Å². The minimum Gasteiger partial charge on any atom is -0.491 e. The molecule has 0 aromatic heterocycles. The molecule has 2 atom stereocenters. The monoisotopic (exact) mass is 411 g/mol. The molecule has 27 heavy (non-hydrogen) atoms. The van der Waals surface area contributed by atoms with Gasteiger partial charge in [-0.3, -0.25) is 14.5 Å². The first-order chi connectivity index (χ1) is 12.7. The van der Waals surface area contributed by atoms with Crippen molar-refractivity contribution in [3.05, 3.63) is 28.3 Å². The number of hydrogen-bond donors (Lipinski definition) is 1. The molecule has 1 N–H and O–H groups in total. The molecule has 1 aromatic rings. The minimum atomic E-state index is -0.932. The van der Waals surface area contributed by atoms with Crippen molar-refractivity contribution in [2.24, 2.45) is 5.41 Å². The van der Waals surface area contributed by atoms with Gasteiger partial charge in [-0.2, -0.15) is 11.8 Å². The number of benzene rings is 1. The molecule has 0 saturated carbocycles. The molecule has 5 nitrogen and oxygen atoms in total. The van der Waals surface area contributed by atoms with E-state index >= 15 is 0 Å². The van der Waals surface area contributed by atoms with E-state index in [1.807, 2.05) is 32.9 Å². The second-order valence-corrected chi connectivity index (χ2v) is 9.34. The zero-order valence-corrected chi connectivity index (χ0v) is 17.5. The van der Waals surface area contributed by atoms with Gasteiger partial charge in [0.05, 0.1) is 12.0 Å². The first kappa shape index (κ1) is 20.5. The fourth-order valence-electron chi connectivity index (χ4n) is 3.66. The van der Waals surface area contributed by atoms with Gasteiger partial charge in [0.15, 0.2) is 0 Å². The summed E-state index contributed by atoms with van der Waals surface area (Å²) >= 11 is 7.92. The number of carbonyl (C=O) groups excluding carboxylic acids is 2. The molecule has 0 radical (unpaired) electrons. The fourth-order valence-corrected chi connectivity index (χ4v) is 5.27. The lowest BCUT2D eigenvalue weighted by Gasteiger charge is -2.23. The Balaban J connectivity index is 1.64. The van der Waals surface area contributed by atoms with Crippen LogP contribution in [0.2, 0.25) is 5.02 Å². The molecule has 2 saturated heterocycles. The van der Waals surface area contributed by atoms with Crippen LogP contribution in [0.5, 0.6) is 5.75 Å². The smallest absolute Gasteiger partial charge is 0.236 e. The number of aryl methyl sites for hydroxylation is 1. The van der Waals surface area contributed by atoms with E-state index in [4.69, 9.17) is 16.3 Å². The quantitative estimate of drug-likeness (QED) is 0.727. The maximum absolute atomic E-state index is 12.7. The summed E-state index contributed by atoms with van der Waals surface area (Å²) in [5, 5.41) is 11.1. The molecular weight excluding hydrogens is 386 g/mol. The van der Waals surface area contributed by atoms with Crippen LogP contribution in [-0.4, -0.2) is 52.6 Å². The number of aliphatic hydroxyl groups excluding tert-OH is 1. The minimum absolute atomic E-state index is 0.0135. The van der Waals surface area contributed by atoms with Crippen LogP contribution in [0.4, 0.5) is 0 Å². The Labute approximate surface area is 169 Å². The standard InChI is InChI=1S/C20H26ClNO4S/c1-12(2)15-7-16(21)13(3)6-17(15)26-10-14(23)9-22-18(24)8-20(19(22)25)4-5-27-11-20/h6-7,12,14,23H,4-5,8-11H2,1-3H3/t14-,20+/m1/s1. The normalized spacial score (nSPS) is 23.7. The third kappa shape index (κ3) is 4.13. The number of β-amino-alcohol motifs (C(OH)–C–C–N with tert-alkyl or cyclic N) is 1. The number of imide groups is 1. The highest BCUT2D eigenvalue weighted by atomic mass is 35.5. The average molecular weight is 412 g/mol. The lowest BCUT2D eigenvalue weighted by Crippen LogP contribution is -2.42. The van der Waals surface area contributed by atoms with E-state index in [0.29, 0.717) is 16.5 Å². The van der Waals surface area contributed by atoms with Gasteiger partial charge in [0.1, 0.15) is 18.5 Å². The lowest BCUT2D eigenvalue weighted by atomic mass is 9.86. The summed E-state index contributed by atoms with van der Waals surface area (Å²) in [6.07, 6.45) is 0.0751. The first-order valence-corrected chi connectivity index (χ1v) is 10.8. The number of amides is 2. The lowest BCUT2D eigenvalue weighted by molar-refractivity contribution is -0.142. The molecule has 2 aliphatic rings. The van der Waals surface area contributed by atoms with Crippen LogP contribution in [0.3, 0.4) is 0 Å². The van der Waals surface area contributed by atoms with Crippen LogP contribution in [0, 0.1) is 12.3 Å². The van der Waals surface area contributed by atoms with Gasteiger partial charge in [0, 0.05) is 17.2 Å². The summed E-state index contributed by atoms with van der Waals surface area (Å²) in [4.78, 5) is 26.2. The van der Waals surface area contributed by atoms with Crippen LogP contribution in [0.1, 0.15) is 43.7 Å². The third-order valence-corrected chi connectivity index (χ3v) is 6.99. The molecule has 1 aromatic carbocycles. The Morgan fingerprint density at radius 1 is 1.37 bits per heavy atom. The number of nitrogens with zero attached hydrogens (tertiary/aromatic N) is 1. The Bertz CT molecular complexity index is 746. The van der Waals surface area contributed by atoms with Crippen LogP contribution < -0.4 is 4.74 Å². The number of carbonyl (C=O) groups is 2. The van der Waals surface area contributed by atoms with Crippen molar-refractivity contribution in [2.45, 2.75) is 45.6 Å². The summed E-state index contributed by atoms with van der Waals surface area (Å²) in [6, 6.07) is 3.75. The Morgan fingerprint density at radius 3 is 2.74 bits per heavy atom. The van der Waals surface area contributed by atoms with E-state index in [1.165, 1.54) is 4.90 Å². The third-order valence-electron chi connectivity index (χ3n) is 5.33. The van der Waals surface area contributed by atoms with E-state index in [9.17, 15) is 14.7 Å². The van der Waals surface area contributed by atoms with Crippen LogP contribution in [0.25, 0.3) is 0 Å².